The SMILES string of the molecule is C#CC(C)N1C(=O)NC(=O)C2(CCCCCC2)C1=O. The third kappa shape index (κ3) is 2.12. The summed E-state index contributed by atoms with van der Waals surface area (Å²) in [6.07, 6.45) is 9.98. The van der Waals surface area contributed by atoms with Gasteiger partial charge in [-0.2, -0.15) is 0 Å². The molecule has 1 atom stereocenters. The molecule has 2 fully saturated rings. The van der Waals surface area contributed by atoms with Gasteiger partial charge in [-0.05, 0) is 19.8 Å². The summed E-state index contributed by atoms with van der Waals surface area (Å²) in [6, 6.07) is -1.34. The van der Waals surface area contributed by atoms with Gasteiger partial charge in [-0.15, -0.1) is 6.42 Å². The van der Waals surface area contributed by atoms with E-state index in [0.29, 0.717) is 12.8 Å². The van der Waals surface area contributed by atoms with Gasteiger partial charge >= 0.3 is 6.03 Å². The van der Waals surface area contributed by atoms with E-state index in [2.05, 4.69) is 11.2 Å². The molecule has 2 rings (SSSR count). The zero-order valence-electron chi connectivity index (χ0n) is 11.1. The van der Waals surface area contributed by atoms with E-state index in [-0.39, 0.29) is 0 Å². The molecule has 19 heavy (non-hydrogen) atoms. The number of carbonyl (C=O) groups is 3. The summed E-state index contributed by atoms with van der Waals surface area (Å²) < 4.78 is 0. The molecular formula is C14H18N2O3. The third-order valence-electron chi connectivity index (χ3n) is 4.09. The van der Waals surface area contributed by atoms with Crippen LogP contribution in [0, 0.1) is 17.8 Å². The highest BCUT2D eigenvalue weighted by Gasteiger charge is 2.54. The van der Waals surface area contributed by atoms with Crippen molar-refractivity contribution in [1.82, 2.24) is 10.2 Å². The maximum atomic E-state index is 12.6. The number of hydrogen-bond acceptors (Lipinski definition) is 3. The zero-order valence-corrected chi connectivity index (χ0v) is 11.1. The van der Waals surface area contributed by atoms with Crippen molar-refractivity contribution in [3.8, 4) is 12.3 Å². The lowest BCUT2D eigenvalue weighted by atomic mass is 9.76. The van der Waals surface area contributed by atoms with Crippen LogP contribution < -0.4 is 5.32 Å². The molecule has 1 saturated carbocycles. The minimum atomic E-state index is -1.09. The smallest absolute Gasteiger partial charge is 0.277 e. The van der Waals surface area contributed by atoms with Crippen molar-refractivity contribution in [2.75, 3.05) is 0 Å². The Labute approximate surface area is 112 Å². The van der Waals surface area contributed by atoms with E-state index in [1.54, 1.807) is 6.92 Å². The highest BCUT2D eigenvalue weighted by atomic mass is 16.2. The molecule has 5 nitrogen and oxygen atoms in total. The molecule has 5 heteroatoms. The Morgan fingerprint density at radius 2 is 1.79 bits per heavy atom. The molecule has 4 amide bonds. The minimum absolute atomic E-state index is 0.423. The fraction of sp³-hybridized carbons (Fsp3) is 0.643. The lowest BCUT2D eigenvalue weighted by Gasteiger charge is -2.40. The van der Waals surface area contributed by atoms with E-state index < -0.39 is 29.3 Å². The van der Waals surface area contributed by atoms with E-state index in [1.165, 1.54) is 0 Å². The second kappa shape index (κ2) is 5.04. The van der Waals surface area contributed by atoms with Crippen LogP contribution in [0.2, 0.25) is 0 Å². The molecular weight excluding hydrogens is 244 g/mol. The first-order chi connectivity index (χ1) is 9.03. The molecule has 1 aliphatic carbocycles. The fourth-order valence-corrected chi connectivity index (χ4v) is 2.90. The van der Waals surface area contributed by atoms with Crippen molar-refractivity contribution in [3.05, 3.63) is 0 Å². The van der Waals surface area contributed by atoms with Gasteiger partial charge in [0.2, 0.25) is 11.8 Å². The summed E-state index contributed by atoms with van der Waals surface area (Å²) in [4.78, 5) is 37.6. The van der Waals surface area contributed by atoms with Crippen LogP contribution in [0.3, 0.4) is 0 Å². The minimum Gasteiger partial charge on any atom is -0.277 e. The number of carbonyl (C=O) groups excluding carboxylic acids is 3. The van der Waals surface area contributed by atoms with Crippen LogP contribution in [-0.4, -0.2) is 28.8 Å². The van der Waals surface area contributed by atoms with Crippen LogP contribution in [0.15, 0.2) is 0 Å². The Balaban J connectivity index is 2.37. The zero-order chi connectivity index (χ0) is 14.0. The molecule has 0 bridgehead atoms. The number of amides is 4. The van der Waals surface area contributed by atoms with E-state index in [1.807, 2.05) is 0 Å². The van der Waals surface area contributed by atoms with Crippen LogP contribution in [0.4, 0.5) is 4.79 Å². The Morgan fingerprint density at radius 3 is 2.32 bits per heavy atom. The maximum Gasteiger partial charge on any atom is 0.331 e. The van der Waals surface area contributed by atoms with Gasteiger partial charge in [-0.25, -0.2) is 9.69 Å². The van der Waals surface area contributed by atoms with Crippen molar-refractivity contribution in [2.45, 2.75) is 51.5 Å². The van der Waals surface area contributed by atoms with Crippen LogP contribution in [0.5, 0.6) is 0 Å². The number of urea groups is 1. The predicted molar refractivity (Wildman–Crippen MR) is 68.8 cm³/mol. The summed E-state index contributed by atoms with van der Waals surface area (Å²) in [7, 11) is 0. The lowest BCUT2D eigenvalue weighted by molar-refractivity contribution is -0.153. The quantitative estimate of drug-likeness (QED) is 0.574. The van der Waals surface area contributed by atoms with Crippen molar-refractivity contribution >= 4 is 17.8 Å². The summed E-state index contributed by atoms with van der Waals surface area (Å²) in [5, 5.41) is 2.30. The van der Waals surface area contributed by atoms with Gasteiger partial charge in [0.25, 0.3) is 0 Å². The van der Waals surface area contributed by atoms with Crippen molar-refractivity contribution in [3.63, 3.8) is 0 Å². The van der Waals surface area contributed by atoms with Crippen molar-refractivity contribution in [1.29, 1.82) is 0 Å². The average molecular weight is 262 g/mol. The standard InChI is InChI=1S/C14H18N2O3/c1-3-10(2)16-12(18)14(11(17)15-13(16)19)8-6-4-5-7-9-14/h1,10H,4-9H2,2H3,(H,15,17,19). The topological polar surface area (TPSA) is 66.5 Å². The van der Waals surface area contributed by atoms with Gasteiger partial charge in [0, 0.05) is 0 Å². The maximum absolute atomic E-state index is 12.6. The molecule has 2 aliphatic rings. The number of nitrogens with zero attached hydrogens (tertiary/aromatic N) is 1. The van der Waals surface area contributed by atoms with Gasteiger partial charge in [-0.3, -0.25) is 14.9 Å². The average Bonchev–Trinajstić information content (AvgIpc) is 2.63. The molecule has 1 aliphatic heterocycles. The summed E-state index contributed by atoms with van der Waals surface area (Å²) in [5.41, 5.74) is -1.09. The molecule has 0 aromatic carbocycles. The van der Waals surface area contributed by atoms with Gasteiger partial charge < -0.3 is 0 Å². The highest BCUT2D eigenvalue weighted by molar-refractivity contribution is 6.19. The van der Waals surface area contributed by atoms with Gasteiger partial charge in [0.15, 0.2) is 0 Å². The number of rotatable bonds is 1. The third-order valence-corrected chi connectivity index (χ3v) is 4.09. The van der Waals surface area contributed by atoms with Gasteiger partial charge in [-0.1, -0.05) is 31.6 Å². The van der Waals surface area contributed by atoms with E-state index in [0.717, 1.165) is 30.6 Å². The van der Waals surface area contributed by atoms with E-state index >= 15 is 0 Å². The number of terminal acetylenes is 1. The van der Waals surface area contributed by atoms with E-state index in [9.17, 15) is 14.4 Å². The number of hydrogen-bond donors (Lipinski definition) is 1. The number of imide groups is 2. The Kier molecular flexibility index (Phi) is 3.61. The van der Waals surface area contributed by atoms with Crippen LogP contribution >= 0.6 is 0 Å². The largest absolute Gasteiger partial charge is 0.331 e. The lowest BCUT2D eigenvalue weighted by Crippen LogP contribution is -2.65. The van der Waals surface area contributed by atoms with Crippen molar-refractivity contribution in [2.24, 2.45) is 5.41 Å². The molecule has 1 unspecified atom stereocenters. The first kappa shape index (κ1) is 13.6. The van der Waals surface area contributed by atoms with Crippen LogP contribution in [-0.2, 0) is 9.59 Å². The van der Waals surface area contributed by atoms with Crippen LogP contribution in [0.1, 0.15) is 45.4 Å². The van der Waals surface area contributed by atoms with Gasteiger partial charge in [0.05, 0.1) is 6.04 Å². The Hall–Kier alpha value is -1.83. The summed E-state index contributed by atoms with van der Waals surface area (Å²) in [5.74, 6) is 1.50. The Morgan fingerprint density at radius 1 is 1.21 bits per heavy atom. The molecule has 0 radical (unpaired) electrons. The van der Waals surface area contributed by atoms with Crippen molar-refractivity contribution < 1.29 is 14.4 Å². The molecule has 102 valence electrons. The molecule has 1 spiro atoms. The normalized spacial score (nSPS) is 24.6. The fourth-order valence-electron chi connectivity index (χ4n) is 2.90. The Bertz CT molecular complexity index is 456. The highest BCUT2D eigenvalue weighted by Crippen LogP contribution is 2.39. The second-order valence-electron chi connectivity index (χ2n) is 5.27. The number of nitrogens with one attached hydrogen (secondary N) is 1. The first-order valence-electron chi connectivity index (χ1n) is 6.68. The molecule has 0 aromatic heterocycles. The molecule has 0 aromatic rings. The first-order valence-corrected chi connectivity index (χ1v) is 6.68. The second-order valence-corrected chi connectivity index (χ2v) is 5.27. The monoisotopic (exact) mass is 262 g/mol. The number of barbiturate groups is 1. The molecule has 1 heterocycles. The summed E-state index contributed by atoms with van der Waals surface area (Å²) >= 11 is 0. The summed E-state index contributed by atoms with van der Waals surface area (Å²) in [6.45, 7) is 1.61. The molecule has 1 saturated heterocycles. The van der Waals surface area contributed by atoms with E-state index in [4.69, 9.17) is 6.42 Å². The van der Waals surface area contributed by atoms with Gasteiger partial charge in [0.1, 0.15) is 5.41 Å². The van der Waals surface area contributed by atoms with Crippen LogP contribution in [0.25, 0.3) is 0 Å². The molecule has 1 N–H and O–H groups in total. The predicted octanol–water partition coefficient (Wildman–Crippen LogP) is 1.43.